The van der Waals surface area contributed by atoms with Gasteiger partial charge in [-0.1, -0.05) is 43.0 Å². The van der Waals surface area contributed by atoms with Crippen LogP contribution in [0.3, 0.4) is 0 Å². The molecule has 1 amide bonds. The SMILES string of the molecule is CCC1=C(C(=O)OC)C(c2ccccc2C)N2C(CC(=O)N(CC)CC)=CSC2=N1. The molecular weight excluding hydrogens is 398 g/mol. The van der Waals surface area contributed by atoms with Gasteiger partial charge in [0.1, 0.15) is 0 Å². The molecule has 1 unspecified atom stereocenters. The minimum Gasteiger partial charge on any atom is -0.466 e. The molecule has 30 heavy (non-hydrogen) atoms. The number of esters is 1. The summed E-state index contributed by atoms with van der Waals surface area (Å²) in [5.41, 5.74) is 4.23. The molecule has 160 valence electrons. The fourth-order valence-corrected chi connectivity index (χ4v) is 4.88. The topological polar surface area (TPSA) is 62.2 Å². The van der Waals surface area contributed by atoms with E-state index >= 15 is 0 Å². The minimum atomic E-state index is -0.380. The van der Waals surface area contributed by atoms with Crippen molar-refractivity contribution in [2.45, 2.75) is 46.6 Å². The summed E-state index contributed by atoms with van der Waals surface area (Å²) < 4.78 is 5.16. The number of aliphatic imine (C=N–C) groups is 1. The molecule has 6 nitrogen and oxygen atoms in total. The Balaban J connectivity index is 2.10. The van der Waals surface area contributed by atoms with Crippen LogP contribution < -0.4 is 0 Å². The number of carbonyl (C=O) groups excluding carboxylic acids is 2. The maximum absolute atomic E-state index is 12.9. The molecular formula is C23H29N3O3S. The molecule has 2 aliphatic heterocycles. The number of hydrogen-bond acceptors (Lipinski definition) is 6. The molecule has 0 saturated heterocycles. The van der Waals surface area contributed by atoms with Gasteiger partial charge in [0.15, 0.2) is 5.17 Å². The number of nitrogens with zero attached hydrogens (tertiary/aromatic N) is 3. The number of methoxy groups -OCH3 is 1. The number of amides is 1. The van der Waals surface area contributed by atoms with Gasteiger partial charge in [-0.25, -0.2) is 9.79 Å². The van der Waals surface area contributed by atoms with Gasteiger partial charge in [0, 0.05) is 18.8 Å². The Morgan fingerprint density at radius 1 is 1.20 bits per heavy atom. The average Bonchev–Trinajstić information content (AvgIpc) is 3.15. The summed E-state index contributed by atoms with van der Waals surface area (Å²) in [5.74, 6) is -0.309. The molecule has 3 rings (SSSR count). The summed E-state index contributed by atoms with van der Waals surface area (Å²) in [6.07, 6.45) is 0.893. The Bertz CT molecular complexity index is 931. The Morgan fingerprint density at radius 2 is 1.90 bits per heavy atom. The third-order valence-corrected chi connectivity index (χ3v) is 6.45. The van der Waals surface area contributed by atoms with E-state index in [1.807, 2.05) is 67.2 Å². The van der Waals surface area contributed by atoms with E-state index in [1.54, 1.807) is 0 Å². The number of aryl methyl sites for hydroxylation is 1. The third-order valence-electron chi connectivity index (χ3n) is 5.56. The number of hydrogen-bond donors (Lipinski definition) is 0. The lowest BCUT2D eigenvalue weighted by Gasteiger charge is -2.37. The highest BCUT2D eigenvalue weighted by Gasteiger charge is 2.42. The highest BCUT2D eigenvalue weighted by Crippen LogP contribution is 2.46. The number of fused-ring (bicyclic) bond motifs is 1. The van der Waals surface area contributed by atoms with Gasteiger partial charge in [-0.3, -0.25) is 4.79 Å². The molecule has 1 aromatic carbocycles. The predicted octanol–water partition coefficient (Wildman–Crippen LogP) is 4.39. The Morgan fingerprint density at radius 3 is 2.50 bits per heavy atom. The van der Waals surface area contributed by atoms with Gasteiger partial charge in [-0.15, -0.1) is 0 Å². The summed E-state index contributed by atoms with van der Waals surface area (Å²) in [7, 11) is 1.40. The van der Waals surface area contributed by atoms with Crippen LogP contribution in [0.1, 0.15) is 50.8 Å². The predicted molar refractivity (Wildman–Crippen MR) is 121 cm³/mol. The van der Waals surface area contributed by atoms with Crippen LogP contribution in [-0.4, -0.2) is 47.0 Å². The van der Waals surface area contributed by atoms with Gasteiger partial charge >= 0.3 is 5.97 Å². The van der Waals surface area contributed by atoms with E-state index < -0.39 is 0 Å². The van der Waals surface area contributed by atoms with Crippen molar-refractivity contribution in [3.63, 3.8) is 0 Å². The van der Waals surface area contributed by atoms with Crippen molar-refractivity contribution >= 4 is 28.8 Å². The van der Waals surface area contributed by atoms with Crippen LogP contribution in [-0.2, 0) is 14.3 Å². The van der Waals surface area contributed by atoms with Crippen LogP contribution >= 0.6 is 11.8 Å². The van der Waals surface area contributed by atoms with E-state index in [0.29, 0.717) is 25.1 Å². The summed E-state index contributed by atoms with van der Waals surface area (Å²) in [5, 5.41) is 2.79. The second kappa shape index (κ2) is 9.51. The molecule has 1 atom stereocenters. The molecule has 0 saturated carbocycles. The summed E-state index contributed by atoms with van der Waals surface area (Å²) in [6, 6.07) is 7.66. The van der Waals surface area contributed by atoms with Crippen molar-refractivity contribution in [2.75, 3.05) is 20.2 Å². The van der Waals surface area contributed by atoms with Crippen molar-refractivity contribution < 1.29 is 14.3 Å². The maximum Gasteiger partial charge on any atom is 0.338 e. The minimum absolute atomic E-state index is 0.0709. The summed E-state index contributed by atoms with van der Waals surface area (Å²) in [4.78, 5) is 34.3. The van der Waals surface area contributed by atoms with Crippen LogP contribution in [0.15, 0.2) is 51.6 Å². The number of rotatable bonds is 7. The lowest BCUT2D eigenvalue weighted by atomic mass is 9.90. The highest BCUT2D eigenvalue weighted by atomic mass is 32.2. The largest absolute Gasteiger partial charge is 0.466 e. The Kier molecular flexibility index (Phi) is 7.02. The Hall–Kier alpha value is -2.54. The molecule has 0 spiro atoms. The first-order valence-corrected chi connectivity index (χ1v) is 11.2. The van der Waals surface area contributed by atoms with Crippen molar-refractivity contribution in [1.29, 1.82) is 0 Å². The number of ether oxygens (including phenoxy) is 1. The monoisotopic (exact) mass is 427 g/mol. The summed E-state index contributed by atoms with van der Waals surface area (Å²) in [6.45, 7) is 9.33. The smallest absolute Gasteiger partial charge is 0.338 e. The zero-order chi connectivity index (χ0) is 21.8. The van der Waals surface area contributed by atoms with E-state index in [2.05, 4.69) is 0 Å². The van der Waals surface area contributed by atoms with Crippen LogP contribution in [0, 0.1) is 6.92 Å². The number of carbonyl (C=O) groups is 2. The van der Waals surface area contributed by atoms with Crippen molar-refractivity contribution in [2.24, 2.45) is 4.99 Å². The number of allylic oxidation sites excluding steroid dienone is 1. The molecule has 2 heterocycles. The van der Waals surface area contributed by atoms with E-state index in [1.165, 1.54) is 18.9 Å². The third kappa shape index (κ3) is 4.03. The quantitative estimate of drug-likeness (QED) is 0.604. The molecule has 2 aliphatic rings. The van der Waals surface area contributed by atoms with Crippen LogP contribution in [0.25, 0.3) is 0 Å². The zero-order valence-electron chi connectivity index (χ0n) is 18.3. The standard InChI is InChI=1S/C23H29N3O3S/c1-6-18-20(22(28)29-5)21(17-12-10-9-11-15(17)4)26-16(14-30-23(26)24-18)13-19(27)25(7-2)8-3/h9-12,14,21H,6-8,13H2,1-5H3. The fraction of sp³-hybridized carbons (Fsp3) is 0.435. The number of benzene rings is 1. The lowest BCUT2D eigenvalue weighted by Crippen LogP contribution is -2.39. The fourth-order valence-electron chi connectivity index (χ4n) is 3.94. The van der Waals surface area contributed by atoms with E-state index in [-0.39, 0.29) is 24.3 Å². The van der Waals surface area contributed by atoms with E-state index in [4.69, 9.17) is 9.73 Å². The molecule has 0 radical (unpaired) electrons. The molecule has 0 aliphatic carbocycles. The van der Waals surface area contributed by atoms with Crippen LogP contribution in [0.2, 0.25) is 0 Å². The van der Waals surface area contributed by atoms with Gasteiger partial charge in [0.05, 0.1) is 30.8 Å². The molecule has 0 bridgehead atoms. The summed E-state index contributed by atoms with van der Waals surface area (Å²) >= 11 is 1.50. The van der Waals surface area contributed by atoms with Gasteiger partial charge in [-0.05, 0) is 43.7 Å². The number of amidine groups is 1. The molecule has 0 fully saturated rings. The molecule has 7 heteroatoms. The first-order valence-electron chi connectivity index (χ1n) is 10.3. The first-order chi connectivity index (χ1) is 14.5. The number of thioether (sulfide) groups is 1. The van der Waals surface area contributed by atoms with E-state index in [0.717, 1.165) is 27.7 Å². The van der Waals surface area contributed by atoms with Crippen LogP contribution in [0.5, 0.6) is 0 Å². The van der Waals surface area contributed by atoms with Crippen molar-refractivity contribution in [3.05, 3.63) is 57.8 Å². The van der Waals surface area contributed by atoms with Gasteiger partial charge in [0.2, 0.25) is 5.91 Å². The van der Waals surface area contributed by atoms with Crippen LogP contribution in [0.4, 0.5) is 0 Å². The molecule has 0 aromatic heterocycles. The van der Waals surface area contributed by atoms with Gasteiger partial charge in [0.25, 0.3) is 0 Å². The van der Waals surface area contributed by atoms with Gasteiger partial charge < -0.3 is 14.5 Å². The Labute approximate surface area is 182 Å². The van der Waals surface area contributed by atoms with Crippen molar-refractivity contribution in [3.8, 4) is 0 Å². The second-order valence-electron chi connectivity index (χ2n) is 7.20. The van der Waals surface area contributed by atoms with E-state index in [9.17, 15) is 9.59 Å². The lowest BCUT2D eigenvalue weighted by molar-refractivity contribution is -0.136. The molecule has 0 N–H and O–H groups in total. The van der Waals surface area contributed by atoms with Crippen molar-refractivity contribution in [1.82, 2.24) is 9.80 Å². The normalized spacial score (nSPS) is 18.0. The molecule has 1 aromatic rings. The maximum atomic E-state index is 12.9. The zero-order valence-corrected chi connectivity index (χ0v) is 19.1. The average molecular weight is 428 g/mol. The van der Waals surface area contributed by atoms with Gasteiger partial charge in [-0.2, -0.15) is 0 Å². The highest BCUT2D eigenvalue weighted by molar-refractivity contribution is 8.16. The first kappa shape index (κ1) is 22.2. The second-order valence-corrected chi connectivity index (χ2v) is 8.04.